The number of rotatable bonds is 3. The molecule has 0 bridgehead atoms. The minimum atomic E-state index is -0.213. The van der Waals surface area contributed by atoms with Gasteiger partial charge in [-0.1, -0.05) is 6.07 Å². The van der Waals surface area contributed by atoms with E-state index in [1.807, 2.05) is 6.07 Å². The third-order valence-electron chi connectivity index (χ3n) is 2.93. The van der Waals surface area contributed by atoms with Crippen LogP contribution in [0.3, 0.4) is 0 Å². The van der Waals surface area contributed by atoms with Crippen LogP contribution in [0.15, 0.2) is 22.7 Å². The highest BCUT2D eigenvalue weighted by Crippen LogP contribution is 2.17. The lowest BCUT2D eigenvalue weighted by atomic mass is 10.1. The lowest BCUT2D eigenvalue weighted by Gasteiger charge is -2.16. The Bertz CT molecular complexity index is 372. The van der Waals surface area contributed by atoms with Crippen LogP contribution >= 0.6 is 15.9 Å². The van der Waals surface area contributed by atoms with Crippen LogP contribution in [0.1, 0.15) is 18.9 Å². The molecule has 1 saturated heterocycles. The topological polar surface area (TPSA) is 21.3 Å². The van der Waals surface area contributed by atoms with Crippen molar-refractivity contribution in [2.75, 3.05) is 6.61 Å². The second kappa shape index (κ2) is 5.25. The zero-order chi connectivity index (χ0) is 11.5. The van der Waals surface area contributed by atoms with Crippen molar-refractivity contribution in [1.29, 1.82) is 0 Å². The standard InChI is InChI=1S/C12H15BrFNO/c1-8-12(4-5-16-8)15-7-9-2-3-10(13)11(14)6-9/h2-3,6,8,12,15H,4-5,7H2,1H3. The first-order valence-electron chi connectivity index (χ1n) is 5.46. The van der Waals surface area contributed by atoms with Crippen molar-refractivity contribution in [3.63, 3.8) is 0 Å². The number of nitrogens with one attached hydrogen (secondary N) is 1. The average molecular weight is 288 g/mol. The molecule has 2 unspecified atom stereocenters. The molecular weight excluding hydrogens is 273 g/mol. The number of benzene rings is 1. The number of halogens is 2. The summed E-state index contributed by atoms with van der Waals surface area (Å²) in [7, 11) is 0. The number of ether oxygens (including phenoxy) is 1. The van der Waals surface area contributed by atoms with E-state index in [4.69, 9.17) is 4.74 Å². The Morgan fingerprint density at radius 1 is 1.56 bits per heavy atom. The van der Waals surface area contributed by atoms with Crippen LogP contribution in [0.4, 0.5) is 4.39 Å². The summed E-state index contributed by atoms with van der Waals surface area (Å²) in [5.74, 6) is -0.213. The maximum atomic E-state index is 13.3. The van der Waals surface area contributed by atoms with Crippen molar-refractivity contribution in [2.45, 2.75) is 32.0 Å². The lowest BCUT2D eigenvalue weighted by molar-refractivity contribution is 0.113. The Hall–Kier alpha value is -0.450. The van der Waals surface area contributed by atoms with Gasteiger partial charge >= 0.3 is 0 Å². The van der Waals surface area contributed by atoms with Gasteiger partial charge in [-0.3, -0.25) is 0 Å². The highest BCUT2D eigenvalue weighted by molar-refractivity contribution is 9.10. The molecule has 1 N–H and O–H groups in total. The van der Waals surface area contributed by atoms with Crippen molar-refractivity contribution in [3.05, 3.63) is 34.1 Å². The fourth-order valence-corrected chi connectivity index (χ4v) is 2.14. The summed E-state index contributed by atoms with van der Waals surface area (Å²) < 4.78 is 19.2. The largest absolute Gasteiger partial charge is 0.377 e. The van der Waals surface area contributed by atoms with Gasteiger partial charge in [-0.05, 0) is 47.0 Å². The Balaban J connectivity index is 1.91. The minimum absolute atomic E-state index is 0.213. The van der Waals surface area contributed by atoms with Crippen molar-refractivity contribution < 1.29 is 9.13 Å². The quantitative estimate of drug-likeness (QED) is 0.923. The van der Waals surface area contributed by atoms with Crippen LogP contribution in [-0.4, -0.2) is 18.8 Å². The predicted octanol–water partition coefficient (Wildman–Crippen LogP) is 2.86. The molecule has 2 atom stereocenters. The molecule has 2 rings (SSSR count). The normalized spacial score (nSPS) is 24.9. The van der Waals surface area contributed by atoms with Gasteiger partial charge in [0.05, 0.1) is 10.6 Å². The molecule has 0 saturated carbocycles. The SMILES string of the molecule is CC1OCCC1NCc1ccc(Br)c(F)c1. The molecular formula is C12H15BrFNO. The van der Waals surface area contributed by atoms with E-state index in [1.165, 1.54) is 0 Å². The van der Waals surface area contributed by atoms with Gasteiger partial charge in [0.15, 0.2) is 0 Å². The Labute approximate surface area is 103 Å². The summed E-state index contributed by atoms with van der Waals surface area (Å²) >= 11 is 3.14. The van der Waals surface area contributed by atoms with Crippen LogP contribution in [0.2, 0.25) is 0 Å². The van der Waals surface area contributed by atoms with Gasteiger partial charge in [0.1, 0.15) is 5.82 Å². The second-order valence-electron chi connectivity index (χ2n) is 4.10. The van der Waals surface area contributed by atoms with E-state index in [1.54, 1.807) is 12.1 Å². The average Bonchev–Trinajstić information content (AvgIpc) is 2.66. The molecule has 0 spiro atoms. The lowest BCUT2D eigenvalue weighted by Crippen LogP contribution is -2.34. The van der Waals surface area contributed by atoms with E-state index in [0.717, 1.165) is 18.6 Å². The summed E-state index contributed by atoms with van der Waals surface area (Å²) in [6, 6.07) is 5.59. The maximum Gasteiger partial charge on any atom is 0.137 e. The summed E-state index contributed by atoms with van der Waals surface area (Å²) in [5.41, 5.74) is 0.958. The van der Waals surface area contributed by atoms with Crippen molar-refractivity contribution >= 4 is 15.9 Å². The van der Waals surface area contributed by atoms with Crippen LogP contribution in [0.25, 0.3) is 0 Å². The van der Waals surface area contributed by atoms with Gasteiger partial charge in [-0.15, -0.1) is 0 Å². The molecule has 0 aromatic heterocycles. The first-order chi connectivity index (χ1) is 7.66. The summed E-state index contributed by atoms with van der Waals surface area (Å²) in [6.45, 7) is 3.56. The van der Waals surface area contributed by atoms with E-state index in [0.29, 0.717) is 17.1 Å². The highest BCUT2D eigenvalue weighted by Gasteiger charge is 2.23. The molecule has 1 aliphatic heterocycles. The third-order valence-corrected chi connectivity index (χ3v) is 3.57. The number of hydrogen-bond donors (Lipinski definition) is 1. The van der Waals surface area contributed by atoms with Gasteiger partial charge in [-0.2, -0.15) is 0 Å². The van der Waals surface area contributed by atoms with Crippen LogP contribution in [-0.2, 0) is 11.3 Å². The van der Waals surface area contributed by atoms with Gasteiger partial charge in [-0.25, -0.2) is 4.39 Å². The molecule has 0 aliphatic carbocycles. The van der Waals surface area contributed by atoms with Gasteiger partial charge in [0.2, 0.25) is 0 Å². The first-order valence-corrected chi connectivity index (χ1v) is 6.25. The Kier molecular flexibility index (Phi) is 3.95. The van der Waals surface area contributed by atoms with Gasteiger partial charge in [0, 0.05) is 19.2 Å². The molecule has 1 aliphatic rings. The van der Waals surface area contributed by atoms with E-state index in [2.05, 4.69) is 28.2 Å². The van der Waals surface area contributed by atoms with Crippen molar-refractivity contribution in [2.24, 2.45) is 0 Å². The molecule has 0 radical (unpaired) electrons. The smallest absolute Gasteiger partial charge is 0.137 e. The monoisotopic (exact) mass is 287 g/mol. The van der Waals surface area contributed by atoms with Gasteiger partial charge < -0.3 is 10.1 Å². The molecule has 4 heteroatoms. The molecule has 16 heavy (non-hydrogen) atoms. The molecule has 2 nitrogen and oxygen atoms in total. The molecule has 0 amide bonds. The van der Waals surface area contributed by atoms with Crippen LogP contribution in [0, 0.1) is 5.82 Å². The molecule has 1 aromatic rings. The number of hydrogen-bond acceptors (Lipinski definition) is 2. The summed E-state index contributed by atoms with van der Waals surface area (Å²) in [5, 5.41) is 3.39. The van der Waals surface area contributed by atoms with Crippen LogP contribution in [0.5, 0.6) is 0 Å². The van der Waals surface area contributed by atoms with E-state index in [9.17, 15) is 4.39 Å². The minimum Gasteiger partial charge on any atom is -0.377 e. The Morgan fingerprint density at radius 2 is 2.38 bits per heavy atom. The Morgan fingerprint density at radius 3 is 3.00 bits per heavy atom. The summed E-state index contributed by atoms with van der Waals surface area (Å²) in [6.07, 6.45) is 1.28. The fraction of sp³-hybridized carbons (Fsp3) is 0.500. The van der Waals surface area contributed by atoms with Crippen molar-refractivity contribution in [1.82, 2.24) is 5.32 Å². The summed E-state index contributed by atoms with van der Waals surface area (Å²) in [4.78, 5) is 0. The third kappa shape index (κ3) is 2.81. The van der Waals surface area contributed by atoms with Crippen LogP contribution < -0.4 is 5.32 Å². The zero-order valence-corrected chi connectivity index (χ0v) is 10.8. The second-order valence-corrected chi connectivity index (χ2v) is 4.95. The highest BCUT2D eigenvalue weighted by atomic mass is 79.9. The van der Waals surface area contributed by atoms with E-state index in [-0.39, 0.29) is 11.9 Å². The molecule has 1 aromatic carbocycles. The molecule has 1 fully saturated rings. The van der Waals surface area contributed by atoms with E-state index >= 15 is 0 Å². The fourth-order valence-electron chi connectivity index (χ4n) is 1.90. The zero-order valence-electron chi connectivity index (χ0n) is 9.17. The van der Waals surface area contributed by atoms with E-state index < -0.39 is 0 Å². The maximum absolute atomic E-state index is 13.3. The first kappa shape index (κ1) is 12.0. The molecule has 1 heterocycles. The predicted molar refractivity (Wildman–Crippen MR) is 64.8 cm³/mol. The van der Waals surface area contributed by atoms with Gasteiger partial charge in [0.25, 0.3) is 0 Å². The van der Waals surface area contributed by atoms with Crippen molar-refractivity contribution in [3.8, 4) is 0 Å². The molecule has 88 valence electrons.